The molecule has 0 amide bonds. The van der Waals surface area contributed by atoms with Gasteiger partial charge in [-0.2, -0.15) is 0 Å². The van der Waals surface area contributed by atoms with Crippen LogP contribution in [-0.4, -0.2) is 34.4 Å². The number of aliphatic hydroxyl groups is 1. The highest BCUT2D eigenvalue weighted by molar-refractivity contribution is 9.10. The largest absolute Gasteiger partial charge is 0.482 e. The zero-order valence-corrected chi connectivity index (χ0v) is 25.0. The van der Waals surface area contributed by atoms with Crippen molar-refractivity contribution in [2.24, 2.45) is 11.8 Å². The third-order valence-corrected chi connectivity index (χ3v) is 9.15. The molecule has 2 aromatic carbocycles. The highest BCUT2D eigenvalue weighted by atomic mass is 79.9. The maximum Gasteiger partial charge on any atom is 0.347 e. The number of carbonyl (C=O) groups is 2. The van der Waals surface area contributed by atoms with Crippen molar-refractivity contribution in [3.63, 3.8) is 0 Å². The lowest BCUT2D eigenvalue weighted by Gasteiger charge is -2.54. The molecule has 3 aromatic rings. The normalized spacial score (nSPS) is 26.5. The minimum Gasteiger partial charge on any atom is -0.482 e. The summed E-state index contributed by atoms with van der Waals surface area (Å²) in [7, 11) is 0. The topological polar surface area (TPSA) is 112 Å². The van der Waals surface area contributed by atoms with Crippen LogP contribution in [0.25, 0.3) is 11.3 Å². The number of hydrogen-bond acceptors (Lipinski definition) is 8. The van der Waals surface area contributed by atoms with E-state index in [1.807, 2.05) is 44.2 Å². The van der Waals surface area contributed by atoms with Crippen LogP contribution in [0.4, 0.5) is 0 Å². The molecule has 1 aliphatic carbocycles. The average Bonchev–Trinajstić information content (AvgIpc) is 2.93. The summed E-state index contributed by atoms with van der Waals surface area (Å²) in [5.74, 6) is -1.60. The molecule has 1 aromatic heterocycles. The summed E-state index contributed by atoms with van der Waals surface area (Å²) in [6, 6.07) is 17.4. The molecule has 0 radical (unpaired) electrons. The highest BCUT2D eigenvalue weighted by Crippen LogP contribution is 2.55. The van der Waals surface area contributed by atoms with Gasteiger partial charge in [-0.15, -0.1) is 0 Å². The molecular formula is C32H33BrO8. The minimum absolute atomic E-state index is 0.0796. The van der Waals surface area contributed by atoms with Crippen molar-refractivity contribution in [3.05, 3.63) is 86.7 Å². The van der Waals surface area contributed by atoms with Crippen molar-refractivity contribution in [1.29, 1.82) is 0 Å². The van der Waals surface area contributed by atoms with Crippen LogP contribution in [0.2, 0.25) is 0 Å². The number of ether oxygens (including phenoxy) is 3. The molecule has 41 heavy (non-hydrogen) atoms. The van der Waals surface area contributed by atoms with E-state index in [-0.39, 0.29) is 17.2 Å². The van der Waals surface area contributed by atoms with Crippen LogP contribution in [0.15, 0.2) is 74.3 Å². The average molecular weight is 626 g/mol. The fraction of sp³-hybridized carbons (Fsp3) is 0.406. The van der Waals surface area contributed by atoms with Gasteiger partial charge in [-0.1, -0.05) is 53.2 Å². The fourth-order valence-electron chi connectivity index (χ4n) is 6.01. The molecule has 2 aliphatic rings. The van der Waals surface area contributed by atoms with Crippen molar-refractivity contribution in [1.82, 2.24) is 0 Å². The first-order valence-electron chi connectivity index (χ1n) is 13.7. The zero-order valence-electron chi connectivity index (χ0n) is 23.4. The molecule has 1 saturated carbocycles. The molecule has 0 bridgehead atoms. The Balaban J connectivity index is 1.66. The standard InChI is InChI=1S/C32H33BrO8/c1-5-31(3,37)21-15-23-28(40-29(35)20-11-13-22(33)14-12-20)27-25(41-32(23,4)26(16-21)38-18(2)34)17-24(39-30(27)36)19-9-7-6-8-10-19/h6-14,17,21,23,26,28,37H,5,15-16H2,1-4H3/t21-,23-,26-,28-,31?,32-/m1/s1. The van der Waals surface area contributed by atoms with E-state index in [9.17, 15) is 19.5 Å². The summed E-state index contributed by atoms with van der Waals surface area (Å²) in [6.07, 6.45) is -0.724. The summed E-state index contributed by atoms with van der Waals surface area (Å²) in [5.41, 5.74) is -1.90. The minimum atomic E-state index is -1.18. The van der Waals surface area contributed by atoms with Gasteiger partial charge in [-0.05, 0) is 63.3 Å². The smallest absolute Gasteiger partial charge is 0.347 e. The van der Waals surface area contributed by atoms with E-state index in [0.717, 1.165) is 4.47 Å². The van der Waals surface area contributed by atoms with Gasteiger partial charge in [0.25, 0.3) is 0 Å². The Kier molecular flexibility index (Phi) is 7.87. The second-order valence-corrected chi connectivity index (χ2v) is 12.2. The molecule has 1 fully saturated rings. The number of halogens is 1. The van der Waals surface area contributed by atoms with E-state index >= 15 is 0 Å². The Labute approximate surface area is 246 Å². The van der Waals surface area contributed by atoms with Crippen molar-refractivity contribution in [2.75, 3.05) is 0 Å². The lowest BCUT2D eigenvalue weighted by atomic mass is 9.61. The molecular weight excluding hydrogens is 592 g/mol. The highest BCUT2D eigenvalue weighted by Gasteiger charge is 2.60. The van der Waals surface area contributed by atoms with E-state index in [2.05, 4.69) is 15.9 Å². The molecule has 9 heteroatoms. The van der Waals surface area contributed by atoms with Crippen LogP contribution in [0.1, 0.15) is 69.0 Å². The van der Waals surface area contributed by atoms with Crippen molar-refractivity contribution in [2.45, 2.75) is 70.4 Å². The lowest BCUT2D eigenvalue weighted by Crippen LogP contribution is -2.63. The first-order chi connectivity index (χ1) is 19.4. The van der Waals surface area contributed by atoms with Crippen LogP contribution >= 0.6 is 15.9 Å². The Bertz CT molecular complexity index is 1500. The Morgan fingerprint density at radius 2 is 1.78 bits per heavy atom. The zero-order chi connectivity index (χ0) is 29.5. The number of carbonyl (C=O) groups excluding carboxylic acids is 2. The molecule has 0 spiro atoms. The third kappa shape index (κ3) is 5.57. The van der Waals surface area contributed by atoms with Gasteiger partial charge < -0.3 is 23.7 Å². The molecule has 216 valence electrons. The summed E-state index contributed by atoms with van der Waals surface area (Å²) in [5, 5.41) is 11.3. The van der Waals surface area contributed by atoms with Gasteiger partial charge in [0.2, 0.25) is 0 Å². The number of rotatable bonds is 6. The molecule has 5 rings (SSSR count). The predicted octanol–water partition coefficient (Wildman–Crippen LogP) is 6.24. The van der Waals surface area contributed by atoms with Gasteiger partial charge in [0, 0.05) is 28.9 Å². The number of hydrogen-bond donors (Lipinski definition) is 1. The van der Waals surface area contributed by atoms with Crippen molar-refractivity contribution >= 4 is 27.9 Å². The van der Waals surface area contributed by atoms with Crippen LogP contribution in [0, 0.1) is 11.8 Å². The van der Waals surface area contributed by atoms with Crippen molar-refractivity contribution in [3.8, 4) is 17.1 Å². The number of esters is 2. The molecule has 8 nitrogen and oxygen atoms in total. The SMILES string of the molecule is CCC(C)(O)[C@@H]1C[C@@H]2[C@@H](OC(=O)c3ccc(Br)cc3)c3c(cc(-c4ccccc4)oc3=O)O[C@@]2(C)[C@H](OC(C)=O)C1. The van der Waals surface area contributed by atoms with E-state index in [1.165, 1.54) is 6.92 Å². The molecule has 1 aliphatic heterocycles. The summed E-state index contributed by atoms with van der Waals surface area (Å²) < 4.78 is 25.1. The van der Waals surface area contributed by atoms with Crippen LogP contribution < -0.4 is 10.4 Å². The van der Waals surface area contributed by atoms with E-state index in [0.29, 0.717) is 36.1 Å². The Morgan fingerprint density at radius 1 is 1.10 bits per heavy atom. The molecule has 6 atom stereocenters. The maximum absolute atomic E-state index is 13.6. The first-order valence-corrected chi connectivity index (χ1v) is 14.5. The third-order valence-electron chi connectivity index (χ3n) is 8.62. The summed E-state index contributed by atoms with van der Waals surface area (Å²) in [4.78, 5) is 39.4. The van der Waals surface area contributed by atoms with Gasteiger partial charge in [0.1, 0.15) is 34.9 Å². The summed E-state index contributed by atoms with van der Waals surface area (Å²) in [6.45, 7) is 6.75. The van der Waals surface area contributed by atoms with Crippen LogP contribution in [0.3, 0.4) is 0 Å². The number of fused-ring (bicyclic) bond motifs is 2. The molecule has 0 saturated heterocycles. The second-order valence-electron chi connectivity index (χ2n) is 11.2. The van der Waals surface area contributed by atoms with Crippen molar-refractivity contribution < 1.29 is 33.3 Å². The van der Waals surface area contributed by atoms with Gasteiger partial charge in [0.05, 0.1) is 11.2 Å². The Hall–Kier alpha value is -3.43. The maximum atomic E-state index is 13.6. The van der Waals surface area contributed by atoms with Gasteiger partial charge in [-0.25, -0.2) is 9.59 Å². The predicted molar refractivity (Wildman–Crippen MR) is 154 cm³/mol. The first kappa shape index (κ1) is 29.1. The van der Waals surface area contributed by atoms with Gasteiger partial charge in [0.15, 0.2) is 0 Å². The second kappa shape index (κ2) is 11.1. The van der Waals surface area contributed by atoms with Crippen LogP contribution in [-0.2, 0) is 14.3 Å². The molecule has 1 N–H and O–H groups in total. The van der Waals surface area contributed by atoms with E-state index < -0.39 is 46.9 Å². The quantitative estimate of drug-likeness (QED) is 0.321. The van der Waals surface area contributed by atoms with Gasteiger partial charge >= 0.3 is 17.6 Å². The lowest BCUT2D eigenvalue weighted by molar-refractivity contribution is -0.204. The molecule has 2 heterocycles. The molecule has 1 unspecified atom stereocenters. The summed E-state index contributed by atoms with van der Waals surface area (Å²) >= 11 is 3.37. The van der Waals surface area contributed by atoms with Crippen LogP contribution in [0.5, 0.6) is 5.75 Å². The van der Waals surface area contributed by atoms with E-state index in [1.54, 1.807) is 37.3 Å². The Morgan fingerprint density at radius 3 is 2.41 bits per heavy atom. The fourth-order valence-corrected chi connectivity index (χ4v) is 6.28. The monoisotopic (exact) mass is 624 g/mol. The number of benzene rings is 2. The van der Waals surface area contributed by atoms with E-state index in [4.69, 9.17) is 18.6 Å². The van der Waals surface area contributed by atoms with Gasteiger partial charge in [-0.3, -0.25) is 4.79 Å².